The first-order valence-electron chi connectivity index (χ1n) is 5.63. The number of hydrogen-bond acceptors (Lipinski definition) is 2. The second-order valence-corrected chi connectivity index (χ2v) is 4.60. The summed E-state index contributed by atoms with van der Waals surface area (Å²) >= 11 is 0. The number of fused-ring (bicyclic) bond motifs is 1. The Labute approximate surface area is 93.2 Å². The van der Waals surface area contributed by atoms with Crippen LogP contribution in [0.25, 0.3) is 11.0 Å². The van der Waals surface area contributed by atoms with Crippen LogP contribution >= 0.6 is 0 Å². The molecule has 2 N–H and O–H groups in total. The molecule has 1 saturated carbocycles. The molecule has 1 heterocycles. The first kappa shape index (κ1) is 9.85. The molecular formula is C13H14FNO. The zero-order chi connectivity index (χ0) is 11.2. The Balaban J connectivity index is 2.28. The summed E-state index contributed by atoms with van der Waals surface area (Å²) < 4.78 is 19.4. The molecular weight excluding hydrogens is 205 g/mol. The number of furan rings is 1. The summed E-state index contributed by atoms with van der Waals surface area (Å²) in [6.45, 7) is 0.490. The highest BCUT2D eigenvalue weighted by atomic mass is 19.1. The number of benzene rings is 1. The van der Waals surface area contributed by atoms with Crippen molar-refractivity contribution in [2.75, 3.05) is 6.54 Å². The number of halogens is 1. The van der Waals surface area contributed by atoms with Crippen LogP contribution in [0.2, 0.25) is 0 Å². The standard InChI is InChI=1S/C13H14FNO/c14-10-3-2-9-4-7-16-12(9)11(10)13(8-15)5-1-6-13/h2-4,7H,1,5-6,8,15H2. The zero-order valence-electron chi connectivity index (χ0n) is 9.00. The molecule has 0 atom stereocenters. The van der Waals surface area contributed by atoms with E-state index in [4.69, 9.17) is 10.2 Å². The van der Waals surface area contributed by atoms with Gasteiger partial charge in [0.05, 0.1) is 6.26 Å². The molecule has 1 aromatic carbocycles. The fourth-order valence-electron chi connectivity index (χ4n) is 2.66. The van der Waals surface area contributed by atoms with Gasteiger partial charge in [-0.3, -0.25) is 0 Å². The highest BCUT2D eigenvalue weighted by molar-refractivity contribution is 5.81. The number of hydrogen-bond donors (Lipinski definition) is 1. The van der Waals surface area contributed by atoms with E-state index in [2.05, 4.69) is 0 Å². The van der Waals surface area contributed by atoms with Crippen LogP contribution in [0.3, 0.4) is 0 Å². The lowest BCUT2D eigenvalue weighted by Gasteiger charge is -2.41. The summed E-state index contributed by atoms with van der Waals surface area (Å²) in [4.78, 5) is 0. The third kappa shape index (κ3) is 1.15. The van der Waals surface area contributed by atoms with Crippen LogP contribution < -0.4 is 5.73 Å². The number of nitrogens with two attached hydrogens (primary N) is 1. The minimum Gasteiger partial charge on any atom is -0.464 e. The van der Waals surface area contributed by atoms with Crippen LogP contribution in [-0.2, 0) is 5.41 Å². The first-order chi connectivity index (χ1) is 7.77. The van der Waals surface area contributed by atoms with Crippen molar-refractivity contribution in [3.63, 3.8) is 0 Å². The Kier molecular flexibility index (Phi) is 2.04. The van der Waals surface area contributed by atoms with Gasteiger partial charge < -0.3 is 10.2 Å². The summed E-state index contributed by atoms with van der Waals surface area (Å²) in [5, 5.41) is 0.955. The largest absolute Gasteiger partial charge is 0.464 e. The van der Waals surface area contributed by atoms with Crippen LogP contribution in [0, 0.1) is 5.82 Å². The minimum absolute atomic E-state index is 0.187. The lowest BCUT2D eigenvalue weighted by atomic mass is 9.64. The van der Waals surface area contributed by atoms with Crippen LogP contribution in [0.5, 0.6) is 0 Å². The van der Waals surface area contributed by atoms with Gasteiger partial charge in [-0.1, -0.05) is 6.42 Å². The van der Waals surface area contributed by atoms with E-state index in [1.165, 1.54) is 6.07 Å². The predicted molar refractivity (Wildman–Crippen MR) is 60.8 cm³/mol. The average molecular weight is 219 g/mol. The van der Waals surface area contributed by atoms with Crippen molar-refractivity contribution in [3.8, 4) is 0 Å². The van der Waals surface area contributed by atoms with E-state index in [1.807, 2.05) is 6.07 Å². The molecule has 1 aromatic heterocycles. The fraction of sp³-hybridized carbons (Fsp3) is 0.385. The maximum absolute atomic E-state index is 14.0. The molecule has 0 unspecified atom stereocenters. The highest BCUT2D eigenvalue weighted by Gasteiger charge is 2.41. The molecule has 2 nitrogen and oxygen atoms in total. The van der Waals surface area contributed by atoms with Crippen LogP contribution in [0.1, 0.15) is 24.8 Å². The molecule has 0 saturated heterocycles. The molecule has 0 spiro atoms. The first-order valence-corrected chi connectivity index (χ1v) is 5.63. The molecule has 3 rings (SSSR count). The Morgan fingerprint density at radius 3 is 2.75 bits per heavy atom. The summed E-state index contributed by atoms with van der Waals surface area (Å²) in [6.07, 6.45) is 4.64. The van der Waals surface area contributed by atoms with E-state index in [0.717, 1.165) is 24.6 Å². The molecule has 1 aliphatic rings. The lowest BCUT2D eigenvalue weighted by Crippen LogP contribution is -2.42. The lowest BCUT2D eigenvalue weighted by molar-refractivity contribution is 0.245. The summed E-state index contributed by atoms with van der Waals surface area (Å²) in [5.74, 6) is -0.187. The Bertz CT molecular complexity index is 522. The fourth-order valence-corrected chi connectivity index (χ4v) is 2.66. The van der Waals surface area contributed by atoms with Crippen LogP contribution in [0.15, 0.2) is 28.9 Å². The second-order valence-electron chi connectivity index (χ2n) is 4.60. The smallest absolute Gasteiger partial charge is 0.140 e. The Morgan fingerprint density at radius 2 is 2.12 bits per heavy atom. The van der Waals surface area contributed by atoms with E-state index in [1.54, 1.807) is 12.3 Å². The molecule has 16 heavy (non-hydrogen) atoms. The van der Waals surface area contributed by atoms with Crippen molar-refractivity contribution < 1.29 is 8.81 Å². The van der Waals surface area contributed by atoms with E-state index in [-0.39, 0.29) is 11.2 Å². The molecule has 3 heteroatoms. The van der Waals surface area contributed by atoms with Gasteiger partial charge >= 0.3 is 0 Å². The Morgan fingerprint density at radius 1 is 1.31 bits per heavy atom. The maximum atomic E-state index is 14.0. The van der Waals surface area contributed by atoms with E-state index in [0.29, 0.717) is 17.7 Å². The van der Waals surface area contributed by atoms with Crippen molar-refractivity contribution in [1.82, 2.24) is 0 Å². The average Bonchev–Trinajstić information content (AvgIpc) is 2.68. The minimum atomic E-state index is -0.193. The second kappa shape index (κ2) is 3.32. The zero-order valence-corrected chi connectivity index (χ0v) is 9.00. The van der Waals surface area contributed by atoms with Gasteiger partial charge in [-0.25, -0.2) is 4.39 Å². The van der Waals surface area contributed by atoms with E-state index < -0.39 is 0 Å². The normalized spacial score (nSPS) is 18.6. The molecule has 0 aliphatic heterocycles. The molecule has 2 aromatic rings. The van der Waals surface area contributed by atoms with Gasteiger partial charge in [-0.15, -0.1) is 0 Å². The molecule has 1 aliphatic carbocycles. The van der Waals surface area contributed by atoms with Crippen molar-refractivity contribution in [2.45, 2.75) is 24.7 Å². The maximum Gasteiger partial charge on any atom is 0.140 e. The summed E-state index contributed by atoms with van der Waals surface area (Å²) in [5.41, 5.74) is 6.98. The van der Waals surface area contributed by atoms with Gasteiger partial charge in [-0.2, -0.15) is 0 Å². The van der Waals surface area contributed by atoms with Crippen molar-refractivity contribution in [1.29, 1.82) is 0 Å². The van der Waals surface area contributed by atoms with Gasteiger partial charge in [0, 0.05) is 22.9 Å². The summed E-state index contributed by atoms with van der Waals surface area (Å²) in [6, 6.07) is 5.13. The van der Waals surface area contributed by atoms with Crippen molar-refractivity contribution in [3.05, 3.63) is 35.8 Å². The molecule has 0 radical (unpaired) electrons. The van der Waals surface area contributed by atoms with Gasteiger partial charge in [0.1, 0.15) is 11.4 Å². The predicted octanol–water partition coefficient (Wildman–Crippen LogP) is 2.95. The van der Waals surface area contributed by atoms with E-state index >= 15 is 0 Å². The van der Waals surface area contributed by atoms with Gasteiger partial charge in [0.25, 0.3) is 0 Å². The topological polar surface area (TPSA) is 39.2 Å². The van der Waals surface area contributed by atoms with Gasteiger partial charge in [-0.05, 0) is 31.0 Å². The third-order valence-corrected chi connectivity index (χ3v) is 3.80. The SMILES string of the molecule is NCC1(c2c(F)ccc3ccoc23)CCC1. The van der Waals surface area contributed by atoms with Gasteiger partial charge in [0.15, 0.2) is 0 Å². The number of rotatable bonds is 2. The van der Waals surface area contributed by atoms with Crippen LogP contribution in [0.4, 0.5) is 4.39 Å². The van der Waals surface area contributed by atoms with Crippen molar-refractivity contribution in [2.24, 2.45) is 5.73 Å². The van der Waals surface area contributed by atoms with Gasteiger partial charge in [0.2, 0.25) is 0 Å². The quantitative estimate of drug-likeness (QED) is 0.843. The molecule has 1 fully saturated rings. The highest BCUT2D eigenvalue weighted by Crippen LogP contribution is 2.46. The monoisotopic (exact) mass is 219 g/mol. The third-order valence-electron chi connectivity index (χ3n) is 3.80. The molecule has 0 amide bonds. The van der Waals surface area contributed by atoms with E-state index in [9.17, 15) is 4.39 Å². The Hall–Kier alpha value is -1.35. The molecule has 84 valence electrons. The van der Waals surface area contributed by atoms with Crippen LogP contribution in [-0.4, -0.2) is 6.54 Å². The molecule has 0 bridgehead atoms. The van der Waals surface area contributed by atoms with Crippen molar-refractivity contribution >= 4 is 11.0 Å². The summed E-state index contributed by atoms with van der Waals surface area (Å²) in [7, 11) is 0.